The predicted molar refractivity (Wildman–Crippen MR) is 58.5 cm³/mol. The van der Waals surface area contributed by atoms with Crippen LogP contribution in [0.4, 0.5) is 0 Å². The summed E-state index contributed by atoms with van der Waals surface area (Å²) >= 11 is 0. The maximum atomic E-state index is 11.7. The summed E-state index contributed by atoms with van der Waals surface area (Å²) in [5.41, 5.74) is 0.447. The molecule has 0 spiro atoms. The van der Waals surface area contributed by atoms with Gasteiger partial charge in [0, 0.05) is 6.54 Å². The fourth-order valence-corrected chi connectivity index (χ4v) is 1.68. The number of hydrogen-bond donors (Lipinski definition) is 1. The molecule has 1 amide bonds. The molecule has 94 valence electrons. The van der Waals surface area contributed by atoms with Gasteiger partial charge in [0.25, 0.3) is 5.91 Å². The van der Waals surface area contributed by atoms with Gasteiger partial charge in [-0.3, -0.25) is 4.79 Å². The number of aromatic nitrogens is 1. The highest BCUT2D eigenvalue weighted by Gasteiger charge is 2.32. The molecule has 1 fully saturated rings. The van der Waals surface area contributed by atoms with Crippen LogP contribution in [0, 0.1) is 6.92 Å². The molecule has 6 nitrogen and oxygen atoms in total. The predicted octanol–water partition coefficient (Wildman–Crippen LogP) is 0.864. The normalized spacial score (nSPS) is 22.6. The minimum Gasteiger partial charge on any atom is -0.361 e. The first-order valence-electron chi connectivity index (χ1n) is 5.49. The Labute approximate surface area is 99.2 Å². The van der Waals surface area contributed by atoms with Gasteiger partial charge >= 0.3 is 0 Å². The zero-order valence-corrected chi connectivity index (χ0v) is 10.1. The Kier molecular flexibility index (Phi) is 3.17. The molecule has 6 heteroatoms. The van der Waals surface area contributed by atoms with Gasteiger partial charge in [-0.05, 0) is 20.8 Å². The van der Waals surface area contributed by atoms with Gasteiger partial charge in [-0.2, -0.15) is 0 Å². The number of ether oxygens (including phenoxy) is 2. The Morgan fingerprint density at radius 1 is 1.65 bits per heavy atom. The highest BCUT2D eigenvalue weighted by Crippen LogP contribution is 2.21. The summed E-state index contributed by atoms with van der Waals surface area (Å²) in [4.78, 5) is 11.7. The van der Waals surface area contributed by atoms with Crippen molar-refractivity contribution in [1.29, 1.82) is 0 Å². The number of aryl methyl sites for hydroxylation is 1. The topological polar surface area (TPSA) is 73.6 Å². The zero-order valence-electron chi connectivity index (χ0n) is 10.1. The number of amides is 1. The molecule has 1 unspecified atom stereocenters. The first-order valence-corrected chi connectivity index (χ1v) is 5.49. The van der Waals surface area contributed by atoms with E-state index in [1.165, 1.54) is 6.20 Å². The summed E-state index contributed by atoms with van der Waals surface area (Å²) in [5, 5.41) is 6.32. The third-order valence-electron chi connectivity index (χ3n) is 2.55. The van der Waals surface area contributed by atoms with Gasteiger partial charge < -0.3 is 19.3 Å². The molecule has 0 aliphatic carbocycles. The second-order valence-electron chi connectivity index (χ2n) is 4.46. The lowest BCUT2D eigenvalue weighted by Crippen LogP contribution is -2.34. The van der Waals surface area contributed by atoms with Crippen molar-refractivity contribution in [3.8, 4) is 0 Å². The van der Waals surface area contributed by atoms with E-state index in [2.05, 4.69) is 10.5 Å². The molecule has 1 saturated heterocycles. The fraction of sp³-hybridized carbons (Fsp3) is 0.636. The van der Waals surface area contributed by atoms with Crippen molar-refractivity contribution in [2.45, 2.75) is 32.7 Å². The van der Waals surface area contributed by atoms with Crippen LogP contribution in [0.2, 0.25) is 0 Å². The maximum Gasteiger partial charge on any atom is 0.256 e. The van der Waals surface area contributed by atoms with E-state index in [1.807, 2.05) is 13.8 Å². The van der Waals surface area contributed by atoms with Crippen molar-refractivity contribution in [2.75, 3.05) is 13.2 Å². The fourth-order valence-electron chi connectivity index (χ4n) is 1.68. The van der Waals surface area contributed by atoms with Gasteiger partial charge in [-0.25, -0.2) is 0 Å². The first-order chi connectivity index (χ1) is 7.98. The van der Waals surface area contributed by atoms with Crippen LogP contribution in [-0.4, -0.2) is 36.1 Å². The van der Waals surface area contributed by atoms with Gasteiger partial charge in [-0.15, -0.1) is 0 Å². The lowest BCUT2D eigenvalue weighted by atomic mass is 10.2. The van der Waals surface area contributed by atoms with E-state index in [0.717, 1.165) is 0 Å². The number of rotatable bonds is 3. The summed E-state index contributed by atoms with van der Waals surface area (Å²) in [6.07, 6.45) is 1.29. The van der Waals surface area contributed by atoms with E-state index in [4.69, 9.17) is 14.0 Å². The lowest BCUT2D eigenvalue weighted by Gasteiger charge is -2.17. The minimum atomic E-state index is -0.567. The van der Waals surface area contributed by atoms with Gasteiger partial charge in [-0.1, -0.05) is 5.16 Å². The quantitative estimate of drug-likeness (QED) is 0.848. The number of carbonyl (C=O) groups is 1. The van der Waals surface area contributed by atoms with E-state index in [-0.39, 0.29) is 12.0 Å². The maximum absolute atomic E-state index is 11.7. The Bertz CT molecular complexity index is 413. The zero-order chi connectivity index (χ0) is 12.5. The van der Waals surface area contributed by atoms with E-state index < -0.39 is 5.79 Å². The van der Waals surface area contributed by atoms with E-state index >= 15 is 0 Å². The van der Waals surface area contributed by atoms with Crippen LogP contribution in [0.5, 0.6) is 0 Å². The Balaban J connectivity index is 1.84. The molecule has 0 bridgehead atoms. The highest BCUT2D eigenvalue weighted by molar-refractivity contribution is 5.94. The molecular formula is C11H16N2O4. The molecule has 0 aromatic carbocycles. The molecule has 1 aliphatic heterocycles. The molecular weight excluding hydrogens is 224 g/mol. The molecule has 0 saturated carbocycles. The minimum absolute atomic E-state index is 0.117. The molecule has 0 radical (unpaired) electrons. The Morgan fingerprint density at radius 2 is 2.41 bits per heavy atom. The highest BCUT2D eigenvalue weighted by atomic mass is 16.7. The van der Waals surface area contributed by atoms with Crippen molar-refractivity contribution < 1.29 is 18.8 Å². The molecule has 1 atom stereocenters. The summed E-state index contributed by atoms with van der Waals surface area (Å²) in [6, 6.07) is 0. The largest absolute Gasteiger partial charge is 0.361 e. The molecule has 17 heavy (non-hydrogen) atoms. The lowest BCUT2D eigenvalue weighted by molar-refractivity contribution is -0.137. The van der Waals surface area contributed by atoms with Gasteiger partial charge in [0.2, 0.25) is 0 Å². The summed E-state index contributed by atoms with van der Waals surface area (Å²) < 4.78 is 15.8. The molecule has 2 heterocycles. The average molecular weight is 240 g/mol. The third-order valence-corrected chi connectivity index (χ3v) is 2.55. The third kappa shape index (κ3) is 2.83. The van der Waals surface area contributed by atoms with E-state index in [0.29, 0.717) is 24.5 Å². The van der Waals surface area contributed by atoms with E-state index in [9.17, 15) is 4.79 Å². The SMILES string of the molecule is Cc1oncc1C(=O)NCC1COC(C)(C)O1. The van der Waals surface area contributed by atoms with Crippen LogP contribution in [-0.2, 0) is 9.47 Å². The number of hydrogen-bond acceptors (Lipinski definition) is 5. The number of nitrogens with one attached hydrogen (secondary N) is 1. The Hall–Kier alpha value is -1.40. The van der Waals surface area contributed by atoms with Gasteiger partial charge in [0.1, 0.15) is 17.4 Å². The smallest absolute Gasteiger partial charge is 0.256 e. The van der Waals surface area contributed by atoms with Crippen LogP contribution < -0.4 is 5.32 Å². The van der Waals surface area contributed by atoms with E-state index in [1.54, 1.807) is 6.92 Å². The second kappa shape index (κ2) is 4.46. The summed E-state index contributed by atoms with van der Waals surface area (Å²) in [6.45, 7) is 6.28. The van der Waals surface area contributed by atoms with Gasteiger partial charge in [0.05, 0.1) is 12.8 Å². The monoisotopic (exact) mass is 240 g/mol. The molecule has 1 N–H and O–H groups in total. The molecule has 1 aromatic rings. The summed E-state index contributed by atoms with van der Waals surface area (Å²) in [7, 11) is 0. The van der Waals surface area contributed by atoms with Crippen molar-refractivity contribution in [2.24, 2.45) is 0 Å². The average Bonchev–Trinajstić information content (AvgIpc) is 2.81. The number of carbonyl (C=O) groups excluding carboxylic acids is 1. The van der Waals surface area contributed by atoms with Crippen molar-refractivity contribution >= 4 is 5.91 Å². The van der Waals surface area contributed by atoms with Crippen LogP contribution in [0.1, 0.15) is 30.0 Å². The number of nitrogens with zero attached hydrogens (tertiary/aromatic N) is 1. The Morgan fingerprint density at radius 3 is 2.94 bits per heavy atom. The first kappa shape index (κ1) is 12.1. The van der Waals surface area contributed by atoms with Crippen molar-refractivity contribution in [3.63, 3.8) is 0 Å². The van der Waals surface area contributed by atoms with Crippen LogP contribution in [0.15, 0.2) is 10.7 Å². The van der Waals surface area contributed by atoms with Crippen LogP contribution in [0.3, 0.4) is 0 Å². The van der Waals surface area contributed by atoms with Crippen molar-refractivity contribution in [3.05, 3.63) is 17.5 Å². The van der Waals surface area contributed by atoms with Gasteiger partial charge in [0.15, 0.2) is 5.79 Å². The van der Waals surface area contributed by atoms with Crippen LogP contribution in [0.25, 0.3) is 0 Å². The molecule has 1 aromatic heterocycles. The molecule has 2 rings (SSSR count). The van der Waals surface area contributed by atoms with Crippen molar-refractivity contribution in [1.82, 2.24) is 10.5 Å². The summed E-state index contributed by atoms with van der Waals surface area (Å²) in [5.74, 6) is -0.272. The second-order valence-corrected chi connectivity index (χ2v) is 4.46. The van der Waals surface area contributed by atoms with Crippen LogP contribution >= 0.6 is 0 Å². The molecule has 1 aliphatic rings. The standard InChI is InChI=1S/C11H16N2O4/c1-7-9(5-13-17-7)10(14)12-4-8-6-15-11(2,3)16-8/h5,8H,4,6H2,1-3H3,(H,12,14).